The fraction of sp³-hybridized carbons (Fsp3) is 0.304. The van der Waals surface area contributed by atoms with Gasteiger partial charge in [-0.05, 0) is 35.4 Å². The Hall–Kier alpha value is -3.88. The third kappa shape index (κ3) is 4.72. The maximum absolute atomic E-state index is 12.8. The normalized spacial score (nSPS) is 11.6. The minimum atomic E-state index is -0.672. The van der Waals surface area contributed by atoms with Gasteiger partial charge in [0.15, 0.2) is 11.5 Å². The van der Waals surface area contributed by atoms with Crippen LogP contribution in [0, 0.1) is 0 Å². The Morgan fingerprint density at radius 1 is 0.969 bits per heavy atom. The number of hydrogen-bond donors (Lipinski definition) is 3. The lowest BCUT2D eigenvalue weighted by Crippen LogP contribution is -2.18. The molecule has 32 heavy (non-hydrogen) atoms. The van der Waals surface area contributed by atoms with Gasteiger partial charge in [-0.15, -0.1) is 0 Å². The summed E-state index contributed by atoms with van der Waals surface area (Å²) >= 11 is 0. The summed E-state index contributed by atoms with van der Waals surface area (Å²) in [6.45, 7) is 0. The van der Waals surface area contributed by atoms with Crippen molar-refractivity contribution in [3.63, 3.8) is 0 Å². The molecule has 0 spiro atoms. The van der Waals surface area contributed by atoms with E-state index in [1.807, 2.05) is 24.3 Å². The number of carbonyl (C=O) groups is 1. The monoisotopic (exact) mass is 442 g/mol. The number of phenolic OH excluding ortho intramolecular Hbond substituents is 1. The molecule has 170 valence electrons. The number of aromatic nitrogens is 2. The molecule has 0 saturated carbocycles. The van der Waals surface area contributed by atoms with Gasteiger partial charge in [-0.2, -0.15) is 0 Å². The highest BCUT2D eigenvalue weighted by Gasteiger charge is 2.28. The van der Waals surface area contributed by atoms with Gasteiger partial charge in [0.25, 0.3) is 5.56 Å². The van der Waals surface area contributed by atoms with Gasteiger partial charge < -0.3 is 29.2 Å². The Kier molecular flexibility index (Phi) is 7.09. The average Bonchev–Trinajstić information content (AvgIpc) is 3.17. The smallest absolute Gasteiger partial charge is 0.306 e. The number of aromatic hydroxyl groups is 1. The maximum atomic E-state index is 12.8. The number of nitrogens with one attached hydrogen (secondary N) is 2. The molecule has 1 aromatic heterocycles. The van der Waals surface area contributed by atoms with Crippen molar-refractivity contribution in [3.8, 4) is 23.0 Å². The zero-order chi connectivity index (χ0) is 23.3. The van der Waals surface area contributed by atoms with Crippen LogP contribution in [-0.2, 0) is 16.0 Å². The molecule has 1 heterocycles. The molecule has 0 amide bonds. The number of ether oxygens (including phenoxy) is 4. The molecule has 9 heteroatoms. The Labute approximate surface area is 184 Å². The summed E-state index contributed by atoms with van der Waals surface area (Å²) < 4.78 is 20.6. The van der Waals surface area contributed by atoms with Crippen LogP contribution in [0.1, 0.15) is 34.7 Å². The van der Waals surface area contributed by atoms with Gasteiger partial charge >= 0.3 is 5.97 Å². The molecule has 0 aliphatic rings. The van der Waals surface area contributed by atoms with Crippen molar-refractivity contribution in [1.82, 2.24) is 10.2 Å². The highest BCUT2D eigenvalue weighted by atomic mass is 16.5. The Balaban J connectivity index is 2.10. The first-order chi connectivity index (χ1) is 15.4. The van der Waals surface area contributed by atoms with Crippen molar-refractivity contribution in [2.24, 2.45) is 0 Å². The topological polar surface area (TPSA) is 123 Å². The Morgan fingerprint density at radius 3 is 2.12 bits per heavy atom. The van der Waals surface area contributed by atoms with Crippen LogP contribution < -0.4 is 19.8 Å². The number of rotatable bonds is 9. The van der Waals surface area contributed by atoms with Crippen molar-refractivity contribution < 1.29 is 28.8 Å². The molecule has 0 radical (unpaired) electrons. The van der Waals surface area contributed by atoms with Crippen molar-refractivity contribution in [3.05, 3.63) is 69.1 Å². The van der Waals surface area contributed by atoms with Crippen LogP contribution in [0.25, 0.3) is 0 Å². The predicted molar refractivity (Wildman–Crippen MR) is 117 cm³/mol. The van der Waals surface area contributed by atoms with Crippen molar-refractivity contribution in [2.75, 3.05) is 28.4 Å². The molecule has 0 unspecified atom stereocenters. The molecular formula is C23H26N2O7. The van der Waals surface area contributed by atoms with Crippen LogP contribution in [0.3, 0.4) is 0 Å². The molecule has 3 N–H and O–H groups in total. The van der Waals surface area contributed by atoms with E-state index in [1.165, 1.54) is 21.3 Å². The van der Waals surface area contributed by atoms with E-state index >= 15 is 0 Å². The summed E-state index contributed by atoms with van der Waals surface area (Å²) in [5.74, 6) is -0.276. The van der Waals surface area contributed by atoms with Gasteiger partial charge in [0, 0.05) is 23.6 Å². The summed E-state index contributed by atoms with van der Waals surface area (Å²) in [6, 6.07) is 10.6. The molecule has 3 rings (SSSR count). The first-order valence-electron chi connectivity index (χ1n) is 9.85. The molecule has 2 aromatic carbocycles. The second-order valence-corrected chi connectivity index (χ2v) is 7.10. The Bertz CT molecular complexity index is 1110. The van der Waals surface area contributed by atoms with Crippen molar-refractivity contribution in [2.45, 2.75) is 18.8 Å². The number of carbonyl (C=O) groups excluding carboxylic acids is 1. The number of methoxy groups -OCH3 is 4. The van der Waals surface area contributed by atoms with Gasteiger partial charge in [0.2, 0.25) is 5.75 Å². The number of H-pyrrole nitrogens is 2. The molecule has 1 atom stereocenters. The molecule has 0 fully saturated rings. The second-order valence-electron chi connectivity index (χ2n) is 7.10. The molecule has 9 nitrogen and oxygen atoms in total. The first kappa shape index (κ1) is 22.8. The third-order valence-electron chi connectivity index (χ3n) is 5.29. The molecule has 0 saturated heterocycles. The van der Waals surface area contributed by atoms with Gasteiger partial charge in [-0.25, -0.2) is 0 Å². The fourth-order valence-electron chi connectivity index (χ4n) is 3.61. The number of aromatic amines is 2. The van der Waals surface area contributed by atoms with E-state index in [2.05, 4.69) is 10.2 Å². The van der Waals surface area contributed by atoms with E-state index in [4.69, 9.17) is 18.9 Å². The minimum Gasteiger partial charge on any atom is -0.502 e. The van der Waals surface area contributed by atoms with Crippen LogP contribution in [0.2, 0.25) is 0 Å². The molecular weight excluding hydrogens is 416 g/mol. The summed E-state index contributed by atoms with van der Waals surface area (Å²) in [5.41, 5.74) is 2.16. The SMILES string of the molecule is COC(=O)C[C@H](c1cc(OC)c(O)c(OC)c1)c1c(Cc2ccc(OC)cc2)[nH][nH]c1=O. The standard InChI is InChI=1S/C23H26N2O7/c1-29-15-7-5-13(6-8-15)9-17-21(23(28)25-24-17)16(12-20(26)32-4)14-10-18(30-2)22(27)19(11-14)31-3/h5-8,10-11,16,27H,9,12H2,1-4H3,(H2,24,25,28)/t16-/m1/s1. The third-order valence-corrected chi connectivity index (χ3v) is 5.29. The van der Waals surface area contributed by atoms with Crippen molar-refractivity contribution >= 4 is 5.97 Å². The van der Waals surface area contributed by atoms with E-state index in [9.17, 15) is 14.7 Å². The van der Waals surface area contributed by atoms with Gasteiger partial charge in [-0.1, -0.05) is 12.1 Å². The second kappa shape index (κ2) is 9.95. The van der Waals surface area contributed by atoms with Gasteiger partial charge in [0.05, 0.1) is 34.9 Å². The highest BCUT2D eigenvalue weighted by molar-refractivity contribution is 5.72. The summed E-state index contributed by atoms with van der Waals surface area (Å²) in [7, 11) is 5.70. The number of benzene rings is 2. The van der Waals surface area contributed by atoms with E-state index in [0.717, 1.165) is 11.3 Å². The van der Waals surface area contributed by atoms with Crippen LogP contribution in [0.15, 0.2) is 41.2 Å². The van der Waals surface area contributed by atoms with Crippen LogP contribution in [-0.4, -0.2) is 49.7 Å². The highest BCUT2D eigenvalue weighted by Crippen LogP contribution is 2.41. The summed E-state index contributed by atoms with van der Waals surface area (Å²) in [4.78, 5) is 25.1. The van der Waals surface area contributed by atoms with E-state index in [0.29, 0.717) is 23.2 Å². The number of hydrogen-bond acceptors (Lipinski definition) is 7. The molecule has 3 aromatic rings. The molecule has 0 aliphatic heterocycles. The lowest BCUT2D eigenvalue weighted by Gasteiger charge is -2.19. The fourth-order valence-corrected chi connectivity index (χ4v) is 3.61. The van der Waals surface area contributed by atoms with Crippen LogP contribution in [0.4, 0.5) is 0 Å². The maximum Gasteiger partial charge on any atom is 0.306 e. The molecule has 0 aliphatic carbocycles. The summed E-state index contributed by atoms with van der Waals surface area (Å²) in [6.07, 6.45) is 0.326. The zero-order valence-corrected chi connectivity index (χ0v) is 18.4. The average molecular weight is 442 g/mol. The largest absolute Gasteiger partial charge is 0.502 e. The van der Waals surface area contributed by atoms with Crippen molar-refractivity contribution in [1.29, 1.82) is 0 Å². The molecule has 0 bridgehead atoms. The van der Waals surface area contributed by atoms with E-state index < -0.39 is 11.9 Å². The van der Waals surface area contributed by atoms with Crippen LogP contribution in [0.5, 0.6) is 23.0 Å². The number of esters is 1. The number of phenols is 1. The summed E-state index contributed by atoms with van der Waals surface area (Å²) in [5, 5.41) is 15.8. The Morgan fingerprint density at radius 2 is 1.59 bits per heavy atom. The van der Waals surface area contributed by atoms with Gasteiger partial charge in [-0.3, -0.25) is 14.7 Å². The minimum absolute atomic E-state index is 0.0931. The lowest BCUT2D eigenvalue weighted by atomic mass is 9.87. The predicted octanol–water partition coefficient (Wildman–Crippen LogP) is 2.72. The lowest BCUT2D eigenvalue weighted by molar-refractivity contribution is -0.140. The zero-order valence-electron chi connectivity index (χ0n) is 18.4. The quantitative estimate of drug-likeness (QED) is 0.436. The first-order valence-corrected chi connectivity index (χ1v) is 9.85. The van der Waals surface area contributed by atoms with Gasteiger partial charge in [0.1, 0.15) is 5.75 Å². The van der Waals surface area contributed by atoms with E-state index in [1.54, 1.807) is 19.2 Å². The van der Waals surface area contributed by atoms with E-state index in [-0.39, 0.29) is 29.2 Å². The van der Waals surface area contributed by atoms with Crippen LogP contribution >= 0.6 is 0 Å².